The molecule has 2 saturated heterocycles. The van der Waals surface area contributed by atoms with Gasteiger partial charge < -0.3 is 10.6 Å². The molecular weight excluding hydrogens is 276 g/mol. The Hall–Kier alpha value is -1.58. The predicted molar refractivity (Wildman–Crippen MR) is 90.4 cm³/mol. The van der Waals surface area contributed by atoms with Crippen molar-refractivity contribution < 1.29 is 9.59 Å². The van der Waals surface area contributed by atoms with Crippen LogP contribution < -0.4 is 10.6 Å². The zero-order chi connectivity index (χ0) is 16.2. The summed E-state index contributed by atoms with van der Waals surface area (Å²) >= 11 is 0. The first kappa shape index (κ1) is 18.5. The van der Waals surface area contributed by atoms with Gasteiger partial charge in [-0.2, -0.15) is 0 Å². The van der Waals surface area contributed by atoms with Crippen molar-refractivity contribution in [1.29, 1.82) is 0 Å². The van der Waals surface area contributed by atoms with Crippen LogP contribution in [0.25, 0.3) is 0 Å². The van der Waals surface area contributed by atoms with Crippen molar-refractivity contribution in [1.82, 2.24) is 10.6 Å². The Kier molecular flexibility index (Phi) is 9.28. The van der Waals surface area contributed by atoms with Crippen LogP contribution in [0.4, 0.5) is 0 Å². The third-order valence-corrected chi connectivity index (χ3v) is 4.05. The van der Waals surface area contributed by atoms with Crippen LogP contribution in [-0.2, 0) is 9.59 Å². The first-order valence-corrected chi connectivity index (χ1v) is 8.46. The summed E-state index contributed by atoms with van der Waals surface area (Å²) in [4.78, 5) is 22.0. The highest BCUT2D eigenvalue weighted by atomic mass is 16.2. The number of nitrogens with one attached hydrogen (secondary N) is 2. The molecule has 0 aromatic rings. The first-order chi connectivity index (χ1) is 10.7. The molecule has 2 atom stereocenters. The second-order valence-electron chi connectivity index (χ2n) is 6.07. The number of rotatable bonds is 4. The normalized spacial score (nSPS) is 25.5. The zero-order valence-corrected chi connectivity index (χ0v) is 13.6. The molecule has 0 radical (unpaired) electrons. The summed E-state index contributed by atoms with van der Waals surface area (Å²) in [5, 5.41) is 5.94. The summed E-state index contributed by atoms with van der Waals surface area (Å²) < 4.78 is 0. The molecule has 124 valence electrons. The summed E-state index contributed by atoms with van der Waals surface area (Å²) in [6, 6.07) is 0.699. The van der Waals surface area contributed by atoms with E-state index in [9.17, 15) is 9.59 Å². The van der Waals surface area contributed by atoms with E-state index in [1.165, 1.54) is 0 Å². The molecule has 4 nitrogen and oxygen atoms in total. The average molecular weight is 306 g/mol. The minimum Gasteiger partial charge on any atom is -0.353 e. The smallest absolute Gasteiger partial charge is 0.220 e. The molecule has 0 aliphatic carbocycles. The zero-order valence-electron chi connectivity index (χ0n) is 13.6. The van der Waals surface area contributed by atoms with E-state index >= 15 is 0 Å². The van der Waals surface area contributed by atoms with Crippen molar-refractivity contribution in [2.24, 2.45) is 0 Å². The van der Waals surface area contributed by atoms with Gasteiger partial charge in [0.25, 0.3) is 0 Å². The maximum absolute atomic E-state index is 11.0. The van der Waals surface area contributed by atoms with Gasteiger partial charge >= 0.3 is 0 Å². The second-order valence-corrected chi connectivity index (χ2v) is 6.07. The number of amides is 2. The van der Waals surface area contributed by atoms with Crippen LogP contribution in [0, 0.1) is 0 Å². The lowest BCUT2D eigenvalue weighted by Crippen LogP contribution is -2.32. The Labute approximate surface area is 134 Å². The summed E-state index contributed by atoms with van der Waals surface area (Å²) in [5.41, 5.74) is 0. The lowest BCUT2D eigenvalue weighted by Gasteiger charge is -2.12. The number of hydrogen-bond donors (Lipinski definition) is 2. The van der Waals surface area contributed by atoms with E-state index in [1.807, 2.05) is 12.2 Å². The molecule has 2 fully saturated rings. The van der Waals surface area contributed by atoms with Gasteiger partial charge in [-0.3, -0.25) is 9.59 Å². The van der Waals surface area contributed by atoms with Crippen LogP contribution >= 0.6 is 0 Å². The van der Waals surface area contributed by atoms with Gasteiger partial charge in [-0.1, -0.05) is 25.0 Å². The lowest BCUT2D eigenvalue weighted by atomic mass is 10.1. The van der Waals surface area contributed by atoms with E-state index in [2.05, 4.69) is 23.8 Å². The first-order valence-electron chi connectivity index (χ1n) is 8.46. The van der Waals surface area contributed by atoms with Gasteiger partial charge in [-0.25, -0.2) is 0 Å². The van der Waals surface area contributed by atoms with Crippen molar-refractivity contribution in [3.8, 4) is 0 Å². The molecule has 0 aromatic heterocycles. The molecule has 2 amide bonds. The molecular formula is C18H30N2O2. The largest absolute Gasteiger partial charge is 0.353 e. The van der Waals surface area contributed by atoms with Crippen molar-refractivity contribution in [2.45, 2.75) is 76.3 Å². The Morgan fingerprint density at radius 3 is 1.59 bits per heavy atom. The van der Waals surface area contributed by atoms with Crippen LogP contribution in [0.3, 0.4) is 0 Å². The lowest BCUT2D eigenvalue weighted by molar-refractivity contribution is -0.122. The number of carbonyl (C=O) groups is 2. The Morgan fingerprint density at radius 1 is 0.818 bits per heavy atom. The molecule has 0 aromatic carbocycles. The van der Waals surface area contributed by atoms with E-state index in [-0.39, 0.29) is 11.8 Å². The summed E-state index contributed by atoms with van der Waals surface area (Å²) in [6.07, 6.45) is 13.6. The monoisotopic (exact) mass is 306 g/mol. The SMILES string of the molecule is C=CC[C@@H]1CCCCC(=O)N1.C=CC[C@H]1CCCCC(=O)N1. The number of carbonyl (C=O) groups excluding carboxylic acids is 2. The molecule has 2 aliphatic heterocycles. The highest BCUT2D eigenvalue weighted by Gasteiger charge is 2.14. The molecule has 4 heteroatoms. The number of hydrogen-bond acceptors (Lipinski definition) is 2. The average Bonchev–Trinajstić information content (AvgIpc) is 2.81. The van der Waals surface area contributed by atoms with Gasteiger partial charge in [-0.05, 0) is 38.5 Å². The highest BCUT2D eigenvalue weighted by molar-refractivity contribution is 5.76. The third-order valence-electron chi connectivity index (χ3n) is 4.05. The molecule has 0 spiro atoms. The molecule has 2 N–H and O–H groups in total. The predicted octanol–water partition coefficient (Wildman–Crippen LogP) is 3.24. The summed E-state index contributed by atoms with van der Waals surface area (Å²) in [7, 11) is 0. The molecule has 2 aliphatic rings. The van der Waals surface area contributed by atoms with Crippen molar-refractivity contribution >= 4 is 11.8 Å². The Balaban J connectivity index is 0.000000220. The fraction of sp³-hybridized carbons (Fsp3) is 0.667. The third kappa shape index (κ3) is 8.01. The molecule has 0 unspecified atom stereocenters. The van der Waals surface area contributed by atoms with Crippen LogP contribution in [0.1, 0.15) is 64.2 Å². The van der Waals surface area contributed by atoms with Gasteiger partial charge in [-0.15, -0.1) is 13.2 Å². The second kappa shape index (κ2) is 11.0. The van der Waals surface area contributed by atoms with Gasteiger partial charge in [0, 0.05) is 24.9 Å². The van der Waals surface area contributed by atoms with E-state index < -0.39 is 0 Å². The van der Waals surface area contributed by atoms with Gasteiger partial charge in [0.2, 0.25) is 11.8 Å². The van der Waals surface area contributed by atoms with Crippen LogP contribution in [-0.4, -0.2) is 23.9 Å². The van der Waals surface area contributed by atoms with E-state index in [0.717, 1.165) is 51.4 Å². The van der Waals surface area contributed by atoms with Crippen molar-refractivity contribution in [3.05, 3.63) is 25.3 Å². The Bertz CT molecular complexity index is 343. The quantitative estimate of drug-likeness (QED) is 0.783. The van der Waals surface area contributed by atoms with Gasteiger partial charge in [0.15, 0.2) is 0 Å². The fourth-order valence-electron chi connectivity index (χ4n) is 2.85. The van der Waals surface area contributed by atoms with Crippen molar-refractivity contribution in [3.63, 3.8) is 0 Å². The van der Waals surface area contributed by atoms with Crippen LogP contribution in [0.15, 0.2) is 25.3 Å². The van der Waals surface area contributed by atoms with Crippen LogP contribution in [0.2, 0.25) is 0 Å². The maximum Gasteiger partial charge on any atom is 0.220 e. The molecule has 0 saturated carbocycles. The topological polar surface area (TPSA) is 58.2 Å². The van der Waals surface area contributed by atoms with E-state index in [0.29, 0.717) is 24.9 Å². The van der Waals surface area contributed by atoms with Gasteiger partial charge in [0.1, 0.15) is 0 Å². The van der Waals surface area contributed by atoms with Crippen molar-refractivity contribution in [2.75, 3.05) is 0 Å². The Morgan fingerprint density at radius 2 is 1.23 bits per heavy atom. The molecule has 2 heterocycles. The summed E-state index contributed by atoms with van der Waals surface area (Å²) in [5.74, 6) is 0.406. The highest BCUT2D eigenvalue weighted by Crippen LogP contribution is 2.12. The van der Waals surface area contributed by atoms with E-state index in [1.54, 1.807) is 0 Å². The van der Waals surface area contributed by atoms with Crippen LogP contribution in [0.5, 0.6) is 0 Å². The molecule has 0 bridgehead atoms. The standard InChI is InChI=1S/2C9H15NO/c2*1-2-5-8-6-3-4-7-9(11)10-8/h2*2,8H,1,3-7H2,(H,10,11)/t2*8-/m10/s1. The minimum atomic E-state index is 0.203. The maximum atomic E-state index is 11.0. The molecule has 2 rings (SSSR count). The van der Waals surface area contributed by atoms with Gasteiger partial charge in [0.05, 0.1) is 0 Å². The molecule has 22 heavy (non-hydrogen) atoms. The fourth-order valence-corrected chi connectivity index (χ4v) is 2.85. The van der Waals surface area contributed by atoms with E-state index in [4.69, 9.17) is 0 Å². The minimum absolute atomic E-state index is 0.203. The summed E-state index contributed by atoms with van der Waals surface area (Å²) in [6.45, 7) is 7.32.